The Kier molecular flexibility index (Phi) is 3.97. The molecule has 0 saturated heterocycles. The van der Waals surface area contributed by atoms with E-state index in [1.54, 1.807) is 0 Å². The molecule has 0 fully saturated rings. The zero-order chi connectivity index (χ0) is 13.8. The van der Waals surface area contributed by atoms with Gasteiger partial charge in [-0.05, 0) is 56.0 Å². The normalized spacial score (nSPS) is 13.2. The number of pyridine rings is 1. The molecule has 104 valence electrons. The Morgan fingerprint density at radius 2 is 1.90 bits per heavy atom. The summed E-state index contributed by atoms with van der Waals surface area (Å²) >= 11 is 0. The van der Waals surface area contributed by atoms with Crippen LogP contribution in [0.4, 0.5) is 11.5 Å². The predicted octanol–water partition coefficient (Wildman–Crippen LogP) is 3.06. The first-order valence-electron chi connectivity index (χ1n) is 7.40. The molecule has 1 aromatic heterocycles. The van der Waals surface area contributed by atoms with Crippen LogP contribution in [-0.4, -0.2) is 18.1 Å². The van der Waals surface area contributed by atoms with Gasteiger partial charge in [0, 0.05) is 17.9 Å². The number of benzene rings is 1. The molecule has 0 unspecified atom stereocenters. The zero-order valence-electron chi connectivity index (χ0n) is 11.8. The first kappa shape index (κ1) is 13.1. The Morgan fingerprint density at radius 1 is 1.05 bits per heavy atom. The minimum Gasteiger partial charge on any atom is -0.330 e. The molecule has 0 atom stereocenters. The monoisotopic (exact) mass is 267 g/mol. The Morgan fingerprint density at radius 3 is 2.70 bits per heavy atom. The van der Waals surface area contributed by atoms with E-state index >= 15 is 0 Å². The third kappa shape index (κ3) is 2.68. The van der Waals surface area contributed by atoms with Crippen molar-refractivity contribution in [3.05, 3.63) is 53.7 Å². The standard InChI is InChI=1S/C17H21N3/c18-12-5-13-20(15-7-2-1-3-8-15)17-11-10-14-6-4-9-16(14)19-17/h1-3,7-8,10-11H,4-6,9,12-13,18H2. The van der Waals surface area contributed by atoms with Crippen molar-refractivity contribution in [3.63, 3.8) is 0 Å². The van der Waals surface area contributed by atoms with E-state index in [-0.39, 0.29) is 0 Å². The lowest BCUT2D eigenvalue weighted by Crippen LogP contribution is -2.22. The lowest BCUT2D eigenvalue weighted by molar-refractivity contribution is 0.807. The van der Waals surface area contributed by atoms with Gasteiger partial charge in [0.05, 0.1) is 0 Å². The van der Waals surface area contributed by atoms with E-state index in [0.29, 0.717) is 6.54 Å². The van der Waals surface area contributed by atoms with Gasteiger partial charge in [-0.2, -0.15) is 0 Å². The highest BCUT2D eigenvalue weighted by atomic mass is 15.2. The summed E-state index contributed by atoms with van der Waals surface area (Å²) in [7, 11) is 0. The lowest BCUT2D eigenvalue weighted by atomic mass is 10.2. The number of aryl methyl sites for hydroxylation is 2. The maximum absolute atomic E-state index is 5.68. The summed E-state index contributed by atoms with van der Waals surface area (Å²) in [5.74, 6) is 1.05. The van der Waals surface area contributed by atoms with Crippen molar-refractivity contribution in [2.75, 3.05) is 18.0 Å². The van der Waals surface area contributed by atoms with Crippen LogP contribution < -0.4 is 10.6 Å². The van der Waals surface area contributed by atoms with Gasteiger partial charge in [-0.1, -0.05) is 24.3 Å². The highest BCUT2D eigenvalue weighted by molar-refractivity contribution is 5.60. The maximum Gasteiger partial charge on any atom is 0.133 e. The van der Waals surface area contributed by atoms with Gasteiger partial charge in [-0.3, -0.25) is 0 Å². The average molecular weight is 267 g/mol. The third-order valence-electron chi connectivity index (χ3n) is 3.84. The second-order valence-corrected chi connectivity index (χ2v) is 5.26. The molecule has 0 radical (unpaired) electrons. The van der Waals surface area contributed by atoms with Gasteiger partial charge >= 0.3 is 0 Å². The predicted molar refractivity (Wildman–Crippen MR) is 83.4 cm³/mol. The Bertz CT molecular complexity index is 566. The molecule has 0 spiro atoms. The molecular weight excluding hydrogens is 246 g/mol. The molecule has 2 aromatic rings. The number of hydrogen-bond donors (Lipinski definition) is 1. The van der Waals surface area contributed by atoms with Crippen LogP contribution in [0.15, 0.2) is 42.5 Å². The molecule has 1 aromatic carbocycles. The summed E-state index contributed by atoms with van der Waals surface area (Å²) in [6.07, 6.45) is 4.49. The van der Waals surface area contributed by atoms with Crippen LogP contribution in [0.1, 0.15) is 24.1 Å². The van der Waals surface area contributed by atoms with Crippen molar-refractivity contribution in [1.82, 2.24) is 4.98 Å². The quantitative estimate of drug-likeness (QED) is 0.905. The summed E-state index contributed by atoms with van der Waals surface area (Å²) < 4.78 is 0. The minimum absolute atomic E-state index is 0.703. The SMILES string of the molecule is NCCCN(c1ccccc1)c1ccc2c(n1)CCC2. The molecule has 20 heavy (non-hydrogen) atoms. The molecule has 1 aliphatic rings. The lowest BCUT2D eigenvalue weighted by Gasteiger charge is -2.24. The van der Waals surface area contributed by atoms with Crippen LogP contribution >= 0.6 is 0 Å². The van der Waals surface area contributed by atoms with E-state index in [1.807, 2.05) is 6.07 Å². The van der Waals surface area contributed by atoms with Crippen LogP contribution in [0.5, 0.6) is 0 Å². The van der Waals surface area contributed by atoms with E-state index in [0.717, 1.165) is 25.2 Å². The smallest absolute Gasteiger partial charge is 0.133 e. The summed E-state index contributed by atoms with van der Waals surface area (Å²) in [6, 6.07) is 14.8. The average Bonchev–Trinajstić information content (AvgIpc) is 2.96. The van der Waals surface area contributed by atoms with Crippen LogP contribution in [0.25, 0.3) is 0 Å². The zero-order valence-corrected chi connectivity index (χ0v) is 11.8. The Balaban J connectivity index is 1.92. The number of para-hydroxylation sites is 1. The number of fused-ring (bicyclic) bond motifs is 1. The number of anilines is 2. The molecule has 1 heterocycles. The maximum atomic E-state index is 5.68. The van der Waals surface area contributed by atoms with Crippen molar-refractivity contribution < 1.29 is 0 Å². The number of nitrogens with two attached hydrogens (primary N) is 1. The number of hydrogen-bond acceptors (Lipinski definition) is 3. The molecule has 0 amide bonds. The highest BCUT2D eigenvalue weighted by Gasteiger charge is 2.16. The largest absolute Gasteiger partial charge is 0.330 e. The molecule has 0 bridgehead atoms. The van der Waals surface area contributed by atoms with Crippen molar-refractivity contribution in [2.45, 2.75) is 25.7 Å². The Hall–Kier alpha value is -1.87. The van der Waals surface area contributed by atoms with Gasteiger partial charge in [0.1, 0.15) is 5.82 Å². The van der Waals surface area contributed by atoms with E-state index < -0.39 is 0 Å². The molecule has 3 nitrogen and oxygen atoms in total. The van der Waals surface area contributed by atoms with E-state index in [4.69, 9.17) is 10.7 Å². The van der Waals surface area contributed by atoms with Crippen molar-refractivity contribution in [1.29, 1.82) is 0 Å². The first-order chi connectivity index (χ1) is 9.88. The van der Waals surface area contributed by atoms with Gasteiger partial charge in [-0.15, -0.1) is 0 Å². The second kappa shape index (κ2) is 6.06. The molecule has 2 N–H and O–H groups in total. The summed E-state index contributed by atoms with van der Waals surface area (Å²) in [5.41, 5.74) is 9.55. The number of nitrogens with zero attached hydrogens (tertiary/aromatic N) is 2. The van der Waals surface area contributed by atoms with Gasteiger partial charge in [0.25, 0.3) is 0 Å². The molecular formula is C17H21N3. The summed E-state index contributed by atoms with van der Waals surface area (Å²) in [5, 5.41) is 0. The van der Waals surface area contributed by atoms with Gasteiger partial charge in [-0.25, -0.2) is 4.98 Å². The van der Waals surface area contributed by atoms with Crippen molar-refractivity contribution >= 4 is 11.5 Å². The fourth-order valence-electron chi connectivity index (χ4n) is 2.79. The Labute approximate surface area is 120 Å². The highest BCUT2D eigenvalue weighted by Crippen LogP contribution is 2.27. The fraction of sp³-hybridized carbons (Fsp3) is 0.353. The van der Waals surface area contributed by atoms with Gasteiger partial charge < -0.3 is 10.6 Å². The topological polar surface area (TPSA) is 42.1 Å². The molecule has 1 aliphatic carbocycles. The molecule has 0 aliphatic heterocycles. The number of aromatic nitrogens is 1. The first-order valence-corrected chi connectivity index (χ1v) is 7.40. The molecule has 0 saturated carbocycles. The van der Waals surface area contributed by atoms with E-state index in [9.17, 15) is 0 Å². The van der Waals surface area contributed by atoms with Crippen molar-refractivity contribution in [2.24, 2.45) is 5.73 Å². The molecule has 3 rings (SSSR count). The van der Waals surface area contributed by atoms with Crippen LogP contribution in [0.3, 0.4) is 0 Å². The van der Waals surface area contributed by atoms with E-state index in [2.05, 4.69) is 41.3 Å². The number of rotatable bonds is 5. The van der Waals surface area contributed by atoms with Crippen LogP contribution in [0, 0.1) is 0 Å². The summed E-state index contributed by atoms with van der Waals surface area (Å²) in [4.78, 5) is 7.14. The second-order valence-electron chi connectivity index (χ2n) is 5.26. The molecule has 3 heteroatoms. The fourth-order valence-corrected chi connectivity index (χ4v) is 2.79. The van der Waals surface area contributed by atoms with Gasteiger partial charge in [0.15, 0.2) is 0 Å². The summed E-state index contributed by atoms with van der Waals surface area (Å²) in [6.45, 7) is 1.61. The van der Waals surface area contributed by atoms with Gasteiger partial charge in [0.2, 0.25) is 0 Å². The minimum atomic E-state index is 0.703. The van der Waals surface area contributed by atoms with E-state index in [1.165, 1.54) is 29.8 Å². The van der Waals surface area contributed by atoms with Crippen molar-refractivity contribution in [3.8, 4) is 0 Å². The van der Waals surface area contributed by atoms with Crippen LogP contribution in [0.2, 0.25) is 0 Å². The van der Waals surface area contributed by atoms with Crippen LogP contribution in [-0.2, 0) is 12.8 Å². The third-order valence-corrected chi connectivity index (χ3v) is 3.84.